The largest absolute Gasteiger partial charge is 0.453 e. The van der Waals surface area contributed by atoms with E-state index in [9.17, 15) is 19.2 Å². The maximum Gasteiger partial charge on any atom is 0.410 e. The summed E-state index contributed by atoms with van der Waals surface area (Å²) in [4.78, 5) is 51.5. The van der Waals surface area contributed by atoms with Gasteiger partial charge in [-0.2, -0.15) is 0 Å². The molecule has 2 aliphatic heterocycles. The van der Waals surface area contributed by atoms with E-state index in [1.165, 1.54) is 12.0 Å². The number of methoxy groups -OCH3 is 1. The minimum Gasteiger partial charge on any atom is -0.453 e. The Bertz CT molecular complexity index is 811. The third-order valence-corrected chi connectivity index (χ3v) is 5.48. The van der Waals surface area contributed by atoms with Crippen molar-refractivity contribution in [1.29, 1.82) is 0 Å². The van der Waals surface area contributed by atoms with Crippen molar-refractivity contribution in [3.63, 3.8) is 0 Å². The average Bonchev–Trinajstić information content (AvgIpc) is 3.29. The smallest absolute Gasteiger partial charge is 0.410 e. The number of thioether (sulfide) groups is 1. The zero-order valence-electron chi connectivity index (χ0n) is 15.4. The van der Waals surface area contributed by atoms with Gasteiger partial charge in [0.2, 0.25) is 5.91 Å². The number of amides is 4. The molecule has 28 heavy (non-hydrogen) atoms. The second kappa shape index (κ2) is 8.92. The van der Waals surface area contributed by atoms with E-state index >= 15 is 0 Å². The standard InChI is InChI=1S/C19H21N3O5S/c1-27-18(25)21-10-5-8-14(21)16(23)20-9-11-22-17(24)15(28-19(22)26)12-13-6-3-2-4-7-13/h2-4,6-7,12,14H,5,8-11H2,1H3,(H,20,23)/b15-12+. The van der Waals surface area contributed by atoms with Gasteiger partial charge in [0.05, 0.1) is 12.0 Å². The number of nitrogens with one attached hydrogen (secondary N) is 1. The molecular formula is C19H21N3O5S. The molecule has 8 nitrogen and oxygen atoms in total. The van der Waals surface area contributed by atoms with Crippen molar-refractivity contribution in [2.24, 2.45) is 0 Å². The number of hydrogen-bond donors (Lipinski definition) is 1. The monoisotopic (exact) mass is 403 g/mol. The van der Waals surface area contributed by atoms with Crippen LogP contribution in [-0.4, -0.2) is 65.7 Å². The summed E-state index contributed by atoms with van der Waals surface area (Å²) in [5.41, 5.74) is 0.838. The van der Waals surface area contributed by atoms with Crippen molar-refractivity contribution in [2.45, 2.75) is 18.9 Å². The normalized spacial score (nSPS) is 20.8. The van der Waals surface area contributed by atoms with Crippen LogP contribution >= 0.6 is 11.8 Å². The van der Waals surface area contributed by atoms with Crippen molar-refractivity contribution in [3.8, 4) is 0 Å². The van der Waals surface area contributed by atoms with Gasteiger partial charge in [-0.15, -0.1) is 0 Å². The van der Waals surface area contributed by atoms with E-state index in [0.717, 1.165) is 28.6 Å². The molecule has 1 atom stereocenters. The third kappa shape index (κ3) is 4.36. The van der Waals surface area contributed by atoms with Gasteiger partial charge in [0.1, 0.15) is 6.04 Å². The van der Waals surface area contributed by atoms with Crippen molar-refractivity contribution in [2.75, 3.05) is 26.7 Å². The first-order chi connectivity index (χ1) is 13.5. The Kier molecular flexibility index (Phi) is 6.35. The number of ether oxygens (including phenoxy) is 1. The van der Waals surface area contributed by atoms with E-state index in [1.807, 2.05) is 30.3 Å². The van der Waals surface area contributed by atoms with Gasteiger partial charge in [0.15, 0.2) is 0 Å². The molecular weight excluding hydrogens is 382 g/mol. The second-order valence-electron chi connectivity index (χ2n) is 6.36. The summed E-state index contributed by atoms with van der Waals surface area (Å²) < 4.78 is 4.69. The number of likely N-dealkylation sites (tertiary alicyclic amines) is 1. The molecule has 0 bridgehead atoms. The quantitative estimate of drug-likeness (QED) is 0.756. The fraction of sp³-hybridized carbons (Fsp3) is 0.368. The zero-order valence-corrected chi connectivity index (χ0v) is 16.2. The Hall–Kier alpha value is -2.81. The van der Waals surface area contributed by atoms with Crippen molar-refractivity contribution >= 4 is 41.0 Å². The Morgan fingerprint density at radius 2 is 2.04 bits per heavy atom. The molecule has 3 rings (SSSR count). The van der Waals surface area contributed by atoms with E-state index < -0.39 is 12.1 Å². The van der Waals surface area contributed by atoms with Crippen molar-refractivity contribution in [1.82, 2.24) is 15.1 Å². The number of carbonyl (C=O) groups excluding carboxylic acids is 4. The molecule has 0 radical (unpaired) electrons. The van der Waals surface area contributed by atoms with Crippen LogP contribution in [0.3, 0.4) is 0 Å². The van der Waals surface area contributed by atoms with Gasteiger partial charge in [-0.05, 0) is 36.2 Å². The predicted molar refractivity (Wildman–Crippen MR) is 104 cm³/mol. The molecule has 2 fully saturated rings. The van der Waals surface area contributed by atoms with E-state index in [-0.39, 0.29) is 30.1 Å². The summed E-state index contributed by atoms with van der Waals surface area (Å²) in [5.74, 6) is -0.681. The van der Waals surface area contributed by atoms with Crippen molar-refractivity contribution < 1.29 is 23.9 Å². The molecule has 1 aromatic rings. The van der Waals surface area contributed by atoms with Crippen LogP contribution in [-0.2, 0) is 14.3 Å². The molecule has 2 saturated heterocycles. The van der Waals surface area contributed by atoms with Gasteiger partial charge in [-0.1, -0.05) is 30.3 Å². The zero-order chi connectivity index (χ0) is 20.1. The molecule has 1 unspecified atom stereocenters. The number of hydrogen-bond acceptors (Lipinski definition) is 6. The van der Waals surface area contributed by atoms with Crippen LogP contribution in [0.25, 0.3) is 6.08 Å². The van der Waals surface area contributed by atoms with E-state index in [4.69, 9.17) is 0 Å². The van der Waals surface area contributed by atoms with Crippen LogP contribution in [0.15, 0.2) is 35.2 Å². The van der Waals surface area contributed by atoms with Crippen molar-refractivity contribution in [3.05, 3.63) is 40.8 Å². The first kappa shape index (κ1) is 19.9. The summed E-state index contributed by atoms with van der Waals surface area (Å²) in [6.45, 7) is 0.673. The molecule has 9 heteroatoms. The number of rotatable bonds is 5. The molecule has 2 heterocycles. The Labute approximate surface area is 166 Å². The van der Waals surface area contributed by atoms with Gasteiger partial charge in [0, 0.05) is 19.6 Å². The van der Waals surface area contributed by atoms with Crippen LogP contribution < -0.4 is 5.32 Å². The summed E-state index contributed by atoms with van der Waals surface area (Å²) in [5, 5.41) is 2.34. The van der Waals surface area contributed by atoms with Gasteiger partial charge in [-0.25, -0.2) is 4.79 Å². The number of benzene rings is 1. The summed E-state index contributed by atoms with van der Waals surface area (Å²) in [6.07, 6.45) is 2.42. The maximum absolute atomic E-state index is 12.5. The van der Waals surface area contributed by atoms with E-state index in [2.05, 4.69) is 10.1 Å². The predicted octanol–water partition coefficient (Wildman–Crippen LogP) is 2.07. The van der Waals surface area contributed by atoms with Crippen LogP contribution in [0.1, 0.15) is 18.4 Å². The lowest BCUT2D eigenvalue weighted by atomic mass is 10.2. The third-order valence-electron chi connectivity index (χ3n) is 4.57. The topological polar surface area (TPSA) is 96.0 Å². The molecule has 148 valence electrons. The maximum atomic E-state index is 12.5. The average molecular weight is 403 g/mol. The Morgan fingerprint density at radius 3 is 2.75 bits per heavy atom. The van der Waals surface area contributed by atoms with Gasteiger partial charge in [-0.3, -0.25) is 24.2 Å². The molecule has 1 N–H and O–H groups in total. The van der Waals surface area contributed by atoms with Crippen LogP contribution in [0.2, 0.25) is 0 Å². The van der Waals surface area contributed by atoms with Gasteiger partial charge in [0.25, 0.3) is 11.1 Å². The second-order valence-corrected chi connectivity index (χ2v) is 7.35. The molecule has 1 aromatic carbocycles. The number of carbonyl (C=O) groups is 4. The first-order valence-corrected chi connectivity index (χ1v) is 9.75. The molecule has 4 amide bonds. The fourth-order valence-corrected chi connectivity index (χ4v) is 4.04. The molecule has 2 aliphatic rings. The fourth-order valence-electron chi connectivity index (χ4n) is 3.18. The van der Waals surface area contributed by atoms with E-state index in [0.29, 0.717) is 17.9 Å². The molecule has 0 spiro atoms. The molecule has 0 aromatic heterocycles. The summed E-state index contributed by atoms with van der Waals surface area (Å²) in [7, 11) is 1.28. The lowest BCUT2D eigenvalue weighted by Gasteiger charge is -2.22. The van der Waals surface area contributed by atoms with Gasteiger partial charge < -0.3 is 10.1 Å². The Balaban J connectivity index is 1.54. The highest BCUT2D eigenvalue weighted by Crippen LogP contribution is 2.31. The number of imide groups is 1. The highest BCUT2D eigenvalue weighted by atomic mass is 32.2. The first-order valence-electron chi connectivity index (χ1n) is 8.94. The SMILES string of the molecule is COC(=O)N1CCCC1C(=O)NCCN1C(=O)S/C(=C/c2ccccc2)C1=O. The summed E-state index contributed by atoms with van der Waals surface area (Å²) in [6, 6.07) is 8.70. The van der Waals surface area contributed by atoms with Crippen LogP contribution in [0, 0.1) is 0 Å². The van der Waals surface area contributed by atoms with E-state index in [1.54, 1.807) is 6.08 Å². The molecule has 0 aliphatic carbocycles. The van der Waals surface area contributed by atoms with Crippen LogP contribution in [0.4, 0.5) is 9.59 Å². The highest BCUT2D eigenvalue weighted by Gasteiger charge is 2.36. The molecule has 0 saturated carbocycles. The van der Waals surface area contributed by atoms with Crippen LogP contribution in [0.5, 0.6) is 0 Å². The highest BCUT2D eigenvalue weighted by molar-refractivity contribution is 8.18. The Morgan fingerprint density at radius 1 is 1.29 bits per heavy atom. The van der Waals surface area contributed by atoms with Gasteiger partial charge >= 0.3 is 6.09 Å². The lowest BCUT2D eigenvalue weighted by Crippen LogP contribution is -2.47. The summed E-state index contributed by atoms with van der Waals surface area (Å²) >= 11 is 0.884. The minimum atomic E-state index is -0.583. The number of nitrogens with zero attached hydrogens (tertiary/aromatic N) is 2. The lowest BCUT2D eigenvalue weighted by molar-refractivity contribution is -0.126. The minimum absolute atomic E-state index is 0.0769.